The maximum absolute atomic E-state index is 5.93. The second-order valence-corrected chi connectivity index (χ2v) is 5.38. The number of para-hydroxylation sites is 1. The lowest BCUT2D eigenvalue weighted by atomic mass is 10.2. The molecule has 0 bridgehead atoms. The Morgan fingerprint density at radius 3 is 3.00 bits per heavy atom. The van der Waals surface area contributed by atoms with Crippen LogP contribution in [0.4, 0.5) is 0 Å². The van der Waals surface area contributed by atoms with Crippen LogP contribution in [0, 0.1) is 0 Å². The van der Waals surface area contributed by atoms with Crippen LogP contribution in [0.5, 0.6) is 0 Å². The number of thioether (sulfide) groups is 1. The molecule has 0 spiro atoms. The molecule has 0 radical (unpaired) electrons. The standard InChI is InChI=1S/C15H16N2O2S/c1-2-16-12(10-20-15-17-7-8-18-15)14-9-11-5-3-4-6-13(11)19-14/h3-9,12,16H,2,10H2,1H3. The van der Waals surface area contributed by atoms with Crippen LogP contribution in [0.15, 0.2) is 56.8 Å². The molecule has 2 heterocycles. The highest BCUT2D eigenvalue weighted by molar-refractivity contribution is 7.99. The third-order valence-electron chi connectivity index (χ3n) is 3.02. The van der Waals surface area contributed by atoms with Crippen molar-refractivity contribution in [1.82, 2.24) is 10.3 Å². The van der Waals surface area contributed by atoms with Crippen molar-refractivity contribution < 1.29 is 8.83 Å². The zero-order valence-corrected chi connectivity index (χ0v) is 12.0. The van der Waals surface area contributed by atoms with Crippen LogP contribution in [-0.4, -0.2) is 17.3 Å². The molecule has 4 nitrogen and oxygen atoms in total. The van der Waals surface area contributed by atoms with E-state index in [9.17, 15) is 0 Å². The summed E-state index contributed by atoms with van der Waals surface area (Å²) in [4.78, 5) is 4.12. The number of hydrogen-bond acceptors (Lipinski definition) is 5. The van der Waals surface area contributed by atoms with E-state index in [0.717, 1.165) is 29.0 Å². The molecule has 0 aliphatic heterocycles. The van der Waals surface area contributed by atoms with Gasteiger partial charge in [-0.2, -0.15) is 0 Å². The average molecular weight is 288 g/mol. The van der Waals surface area contributed by atoms with Crippen molar-refractivity contribution in [2.75, 3.05) is 12.3 Å². The summed E-state index contributed by atoms with van der Waals surface area (Å²) in [6.45, 7) is 2.97. The van der Waals surface area contributed by atoms with Crippen LogP contribution in [0.25, 0.3) is 11.0 Å². The molecule has 0 aliphatic rings. The summed E-state index contributed by atoms with van der Waals surface area (Å²) in [5.41, 5.74) is 0.923. The van der Waals surface area contributed by atoms with E-state index in [4.69, 9.17) is 8.83 Å². The van der Waals surface area contributed by atoms with Crippen molar-refractivity contribution in [3.63, 3.8) is 0 Å². The van der Waals surface area contributed by atoms with E-state index in [2.05, 4.69) is 29.4 Å². The molecule has 1 atom stereocenters. The second-order valence-electron chi connectivity index (χ2n) is 4.41. The van der Waals surface area contributed by atoms with Gasteiger partial charge >= 0.3 is 0 Å². The summed E-state index contributed by atoms with van der Waals surface area (Å²) >= 11 is 1.58. The Hall–Kier alpha value is -1.72. The number of hydrogen-bond donors (Lipinski definition) is 1. The van der Waals surface area contributed by atoms with Gasteiger partial charge in [0, 0.05) is 11.1 Å². The fraction of sp³-hybridized carbons (Fsp3) is 0.267. The minimum atomic E-state index is 0.143. The van der Waals surface area contributed by atoms with Gasteiger partial charge in [-0.3, -0.25) is 0 Å². The average Bonchev–Trinajstić information content (AvgIpc) is 3.12. The third kappa shape index (κ3) is 2.89. The molecule has 2 aromatic heterocycles. The molecule has 5 heteroatoms. The molecular formula is C15H16N2O2S. The van der Waals surface area contributed by atoms with E-state index in [1.807, 2.05) is 18.2 Å². The SMILES string of the molecule is CCNC(CSc1ncco1)c1cc2ccccc2o1. The molecule has 3 aromatic rings. The van der Waals surface area contributed by atoms with Crippen LogP contribution >= 0.6 is 11.8 Å². The van der Waals surface area contributed by atoms with E-state index in [0.29, 0.717) is 5.22 Å². The lowest BCUT2D eigenvalue weighted by Gasteiger charge is -2.13. The third-order valence-corrected chi connectivity index (χ3v) is 3.97. The second kappa shape index (κ2) is 6.15. The smallest absolute Gasteiger partial charge is 0.255 e. The van der Waals surface area contributed by atoms with Crippen molar-refractivity contribution in [1.29, 1.82) is 0 Å². The largest absolute Gasteiger partial charge is 0.459 e. The lowest BCUT2D eigenvalue weighted by Crippen LogP contribution is -2.22. The molecule has 1 N–H and O–H groups in total. The number of oxazole rings is 1. The molecular weight excluding hydrogens is 272 g/mol. The molecule has 0 saturated heterocycles. The Balaban J connectivity index is 1.78. The van der Waals surface area contributed by atoms with Crippen LogP contribution < -0.4 is 5.32 Å². The molecule has 1 aromatic carbocycles. The van der Waals surface area contributed by atoms with E-state index in [1.165, 1.54) is 0 Å². The number of rotatable bonds is 6. The highest BCUT2D eigenvalue weighted by Gasteiger charge is 2.16. The molecule has 104 valence electrons. The summed E-state index contributed by atoms with van der Waals surface area (Å²) in [5.74, 6) is 1.76. The van der Waals surface area contributed by atoms with Gasteiger partial charge in [-0.15, -0.1) is 0 Å². The molecule has 0 saturated carbocycles. The number of benzene rings is 1. The van der Waals surface area contributed by atoms with Crippen molar-refractivity contribution >= 4 is 22.7 Å². The van der Waals surface area contributed by atoms with Crippen LogP contribution in [0.3, 0.4) is 0 Å². The Morgan fingerprint density at radius 2 is 2.25 bits per heavy atom. The van der Waals surface area contributed by atoms with Gasteiger partial charge in [0.1, 0.15) is 17.6 Å². The Bertz CT molecular complexity index is 630. The highest BCUT2D eigenvalue weighted by Crippen LogP contribution is 2.28. The predicted molar refractivity (Wildman–Crippen MR) is 79.9 cm³/mol. The quantitative estimate of drug-likeness (QED) is 0.698. The van der Waals surface area contributed by atoms with Gasteiger partial charge in [-0.05, 0) is 18.7 Å². The lowest BCUT2D eigenvalue weighted by molar-refractivity contribution is 0.447. The normalized spacial score (nSPS) is 12.8. The Morgan fingerprint density at radius 1 is 1.35 bits per heavy atom. The molecule has 1 unspecified atom stereocenters. The van der Waals surface area contributed by atoms with Gasteiger partial charge in [0.05, 0.1) is 12.2 Å². The van der Waals surface area contributed by atoms with Crippen LogP contribution in [0.2, 0.25) is 0 Å². The number of fused-ring (bicyclic) bond motifs is 1. The summed E-state index contributed by atoms with van der Waals surface area (Å²) in [6, 6.07) is 10.3. The molecule has 0 amide bonds. The first kappa shape index (κ1) is 13.3. The van der Waals surface area contributed by atoms with Gasteiger partial charge in [-0.25, -0.2) is 4.98 Å². The number of aromatic nitrogens is 1. The van der Waals surface area contributed by atoms with Gasteiger partial charge in [0.2, 0.25) is 0 Å². The van der Waals surface area contributed by atoms with Crippen LogP contribution in [0.1, 0.15) is 18.7 Å². The molecule has 0 fully saturated rings. The Kier molecular flexibility index (Phi) is 4.08. The Labute approximate surface area is 121 Å². The molecule has 3 rings (SSSR count). The fourth-order valence-electron chi connectivity index (χ4n) is 2.10. The minimum Gasteiger partial charge on any atom is -0.459 e. The molecule has 0 aliphatic carbocycles. The predicted octanol–water partition coefficient (Wildman–Crippen LogP) is 3.86. The van der Waals surface area contributed by atoms with E-state index < -0.39 is 0 Å². The fourth-order valence-corrected chi connectivity index (χ4v) is 2.95. The minimum absolute atomic E-state index is 0.143. The van der Waals surface area contributed by atoms with Crippen molar-refractivity contribution in [3.05, 3.63) is 48.6 Å². The zero-order chi connectivity index (χ0) is 13.8. The maximum Gasteiger partial charge on any atom is 0.255 e. The number of nitrogens with zero attached hydrogens (tertiary/aromatic N) is 1. The topological polar surface area (TPSA) is 51.2 Å². The van der Waals surface area contributed by atoms with E-state index >= 15 is 0 Å². The van der Waals surface area contributed by atoms with Gasteiger partial charge in [0.15, 0.2) is 0 Å². The summed E-state index contributed by atoms with van der Waals surface area (Å²) in [6.07, 6.45) is 3.25. The first-order valence-electron chi connectivity index (χ1n) is 6.61. The first-order chi connectivity index (χ1) is 9.86. The molecule has 20 heavy (non-hydrogen) atoms. The monoisotopic (exact) mass is 288 g/mol. The van der Waals surface area contributed by atoms with Crippen molar-refractivity contribution in [2.45, 2.75) is 18.2 Å². The summed E-state index contributed by atoms with van der Waals surface area (Å²) < 4.78 is 11.2. The first-order valence-corrected chi connectivity index (χ1v) is 7.59. The van der Waals surface area contributed by atoms with Gasteiger partial charge in [0.25, 0.3) is 5.22 Å². The maximum atomic E-state index is 5.93. The van der Waals surface area contributed by atoms with Gasteiger partial charge in [-0.1, -0.05) is 36.9 Å². The zero-order valence-electron chi connectivity index (χ0n) is 11.2. The van der Waals surface area contributed by atoms with Gasteiger partial charge < -0.3 is 14.2 Å². The number of furan rings is 1. The van der Waals surface area contributed by atoms with Crippen LogP contribution in [-0.2, 0) is 0 Å². The van der Waals surface area contributed by atoms with E-state index in [-0.39, 0.29) is 6.04 Å². The van der Waals surface area contributed by atoms with Crippen molar-refractivity contribution in [2.24, 2.45) is 0 Å². The summed E-state index contributed by atoms with van der Waals surface area (Å²) in [5, 5.41) is 5.25. The highest BCUT2D eigenvalue weighted by atomic mass is 32.2. The number of nitrogens with one attached hydrogen (secondary N) is 1. The van der Waals surface area contributed by atoms with Crippen molar-refractivity contribution in [3.8, 4) is 0 Å². The summed E-state index contributed by atoms with van der Waals surface area (Å²) in [7, 11) is 0. The van der Waals surface area contributed by atoms with E-state index in [1.54, 1.807) is 24.2 Å².